The lowest BCUT2D eigenvalue weighted by atomic mass is 9.90. The van der Waals surface area contributed by atoms with Crippen molar-refractivity contribution in [1.82, 2.24) is 20.4 Å². The predicted molar refractivity (Wildman–Crippen MR) is 186 cm³/mol. The number of nitrogens with one attached hydrogen (secondary N) is 2. The number of likely N-dealkylation sites (N-methyl/N-ethyl adjacent to an activating group) is 1. The van der Waals surface area contributed by atoms with Crippen molar-refractivity contribution in [2.45, 2.75) is 130 Å². The van der Waals surface area contributed by atoms with Crippen molar-refractivity contribution in [1.29, 1.82) is 0 Å². The molecule has 47 heavy (non-hydrogen) atoms. The fourth-order valence-electron chi connectivity index (χ4n) is 6.64. The quantitative estimate of drug-likeness (QED) is 0.253. The number of likely N-dealkylation sites (tertiary alicyclic amines) is 1. The van der Waals surface area contributed by atoms with Crippen LogP contribution in [0.2, 0.25) is 0 Å². The molecule has 0 radical (unpaired) electrons. The van der Waals surface area contributed by atoms with Gasteiger partial charge in [0, 0.05) is 46.2 Å². The second-order valence-electron chi connectivity index (χ2n) is 14.7. The third-order valence-corrected chi connectivity index (χ3v) is 9.30. The molecule has 1 fully saturated rings. The van der Waals surface area contributed by atoms with Gasteiger partial charge in [0.25, 0.3) is 0 Å². The van der Waals surface area contributed by atoms with Crippen LogP contribution in [-0.4, -0.2) is 97.1 Å². The van der Waals surface area contributed by atoms with E-state index in [1.165, 1.54) is 0 Å². The summed E-state index contributed by atoms with van der Waals surface area (Å²) >= 11 is 0. The first-order valence-corrected chi connectivity index (χ1v) is 17.3. The highest BCUT2D eigenvalue weighted by Crippen LogP contribution is 2.29. The molecule has 2 N–H and O–H groups in total. The summed E-state index contributed by atoms with van der Waals surface area (Å²) in [6.45, 7) is 16.3. The number of carbonyl (C=O) groups excluding carboxylic acids is 4. The molecule has 1 saturated heterocycles. The Kier molecular flexibility index (Phi) is 15.9. The zero-order valence-electron chi connectivity index (χ0n) is 30.8. The Labute approximate surface area is 283 Å². The monoisotopic (exact) mass is 658 g/mol. The largest absolute Gasteiger partial charge is 0.379 e. The van der Waals surface area contributed by atoms with Gasteiger partial charge in [0.1, 0.15) is 6.04 Å². The van der Waals surface area contributed by atoms with E-state index in [2.05, 4.69) is 24.5 Å². The van der Waals surface area contributed by atoms with Gasteiger partial charge in [-0.1, -0.05) is 71.4 Å². The van der Waals surface area contributed by atoms with Crippen LogP contribution >= 0.6 is 0 Å². The van der Waals surface area contributed by atoms with Crippen molar-refractivity contribution in [3.05, 3.63) is 35.9 Å². The highest BCUT2D eigenvalue weighted by Gasteiger charge is 2.42. The smallest absolute Gasteiger partial charge is 0.243 e. The van der Waals surface area contributed by atoms with Gasteiger partial charge in [-0.05, 0) is 51.0 Å². The average molecular weight is 659 g/mol. The lowest BCUT2D eigenvalue weighted by molar-refractivity contribution is -0.146. The van der Waals surface area contributed by atoms with E-state index in [0.29, 0.717) is 25.8 Å². The zero-order valence-corrected chi connectivity index (χ0v) is 30.8. The number of methoxy groups -OCH3 is 2. The van der Waals surface area contributed by atoms with Gasteiger partial charge < -0.3 is 29.9 Å². The number of ether oxygens (including phenoxy) is 2. The normalized spacial score (nSPS) is 19.0. The van der Waals surface area contributed by atoms with E-state index in [9.17, 15) is 19.2 Å². The first-order chi connectivity index (χ1) is 22.0. The molecule has 0 bridgehead atoms. The van der Waals surface area contributed by atoms with Crippen LogP contribution in [0.15, 0.2) is 30.3 Å². The highest BCUT2D eigenvalue weighted by molar-refractivity contribution is 5.89. The second kappa shape index (κ2) is 18.5. The number of amides is 4. The lowest BCUT2D eigenvalue weighted by Gasteiger charge is -2.39. The molecule has 0 saturated carbocycles. The van der Waals surface area contributed by atoms with Gasteiger partial charge >= 0.3 is 0 Å². The summed E-state index contributed by atoms with van der Waals surface area (Å²) in [4.78, 5) is 57.7. The number of hydrogen-bond donors (Lipinski definition) is 2. The van der Waals surface area contributed by atoms with Crippen molar-refractivity contribution in [3.8, 4) is 0 Å². The topological polar surface area (TPSA) is 117 Å². The van der Waals surface area contributed by atoms with Gasteiger partial charge in [0.2, 0.25) is 23.6 Å². The second-order valence-corrected chi connectivity index (χ2v) is 14.7. The summed E-state index contributed by atoms with van der Waals surface area (Å²) in [5, 5.41) is 5.99. The summed E-state index contributed by atoms with van der Waals surface area (Å²) in [5.41, 5.74) is 0.470. The molecule has 0 spiro atoms. The van der Waals surface area contributed by atoms with Crippen LogP contribution in [0.5, 0.6) is 0 Å². The van der Waals surface area contributed by atoms with E-state index in [1.54, 1.807) is 26.0 Å². The van der Waals surface area contributed by atoms with Crippen LogP contribution in [0.4, 0.5) is 0 Å². The summed E-state index contributed by atoms with van der Waals surface area (Å²) in [5.74, 6) is -0.895. The summed E-state index contributed by atoms with van der Waals surface area (Å²) in [6.07, 6.45) is 2.14. The Morgan fingerprint density at radius 3 is 2.15 bits per heavy atom. The predicted octanol–water partition coefficient (Wildman–Crippen LogP) is 4.60. The summed E-state index contributed by atoms with van der Waals surface area (Å²) < 4.78 is 11.9. The number of carbonyl (C=O) groups is 4. The molecule has 7 atom stereocenters. The van der Waals surface area contributed by atoms with Crippen molar-refractivity contribution < 1.29 is 28.7 Å². The lowest BCUT2D eigenvalue weighted by Crippen LogP contribution is -2.56. The van der Waals surface area contributed by atoms with Crippen molar-refractivity contribution in [3.63, 3.8) is 0 Å². The molecular weight excluding hydrogens is 596 g/mol. The first-order valence-electron chi connectivity index (χ1n) is 17.3. The van der Waals surface area contributed by atoms with Gasteiger partial charge in [0.05, 0.1) is 36.6 Å². The minimum atomic E-state index is -0.777. The molecule has 5 unspecified atom stereocenters. The number of rotatable bonds is 17. The minimum Gasteiger partial charge on any atom is -0.379 e. The molecule has 1 aromatic rings. The Bertz CT molecular complexity index is 1150. The van der Waals surface area contributed by atoms with Crippen LogP contribution in [0, 0.1) is 17.8 Å². The fraction of sp³-hybridized carbons (Fsp3) is 0.730. The van der Waals surface area contributed by atoms with Crippen molar-refractivity contribution in [2.75, 3.05) is 27.8 Å². The molecule has 2 rings (SSSR count). The summed E-state index contributed by atoms with van der Waals surface area (Å²) in [7, 11) is 4.97. The molecule has 0 aliphatic carbocycles. The molecule has 1 aromatic carbocycles. The number of nitrogens with zero attached hydrogens (tertiary/aromatic N) is 2. The van der Waals surface area contributed by atoms with Crippen LogP contribution < -0.4 is 10.6 Å². The summed E-state index contributed by atoms with van der Waals surface area (Å²) in [6, 6.07) is 8.25. The molecule has 1 aliphatic rings. The van der Waals surface area contributed by atoms with Crippen LogP contribution in [0.1, 0.15) is 93.1 Å². The van der Waals surface area contributed by atoms with Gasteiger partial charge in [-0.25, -0.2) is 0 Å². The van der Waals surface area contributed by atoms with Gasteiger partial charge in [-0.2, -0.15) is 0 Å². The highest BCUT2D eigenvalue weighted by atomic mass is 16.5. The molecule has 0 aromatic heterocycles. The SMILES string of the molecule is CC[C@H](C)C(C(CC(=O)N1CCCC1C(OC)C(C)C(=O)N[C@@H](Cc1ccccc1)C(=O)NC(C)(C)C)OC)N(C)C(=O)CC(C)C. The van der Waals surface area contributed by atoms with Crippen LogP contribution in [0.3, 0.4) is 0 Å². The van der Waals surface area contributed by atoms with E-state index in [0.717, 1.165) is 18.4 Å². The van der Waals surface area contributed by atoms with E-state index in [1.807, 2.05) is 76.9 Å². The van der Waals surface area contributed by atoms with E-state index >= 15 is 0 Å². The van der Waals surface area contributed by atoms with Gasteiger partial charge in [-0.15, -0.1) is 0 Å². The van der Waals surface area contributed by atoms with Crippen molar-refractivity contribution in [2.24, 2.45) is 17.8 Å². The molecule has 266 valence electrons. The maximum atomic E-state index is 14.0. The third kappa shape index (κ3) is 11.9. The van der Waals surface area contributed by atoms with Gasteiger partial charge in [0.15, 0.2) is 0 Å². The van der Waals surface area contributed by atoms with E-state index < -0.39 is 29.7 Å². The Hall–Kier alpha value is -2.98. The van der Waals surface area contributed by atoms with Gasteiger partial charge in [-0.3, -0.25) is 19.2 Å². The van der Waals surface area contributed by atoms with E-state index in [-0.39, 0.29) is 54.0 Å². The zero-order chi connectivity index (χ0) is 35.5. The molecular formula is C37H62N4O6. The molecule has 10 nitrogen and oxygen atoms in total. The maximum Gasteiger partial charge on any atom is 0.243 e. The van der Waals surface area contributed by atoms with E-state index in [4.69, 9.17) is 9.47 Å². The first kappa shape index (κ1) is 40.2. The minimum absolute atomic E-state index is 0.0416. The molecule has 1 heterocycles. The standard InChI is InChI=1S/C37H62N4O6/c1-12-25(4)33(40(9)31(42)21-24(2)3)30(46-10)23-32(43)41-20-16-19-29(41)34(47-11)26(5)35(44)38-28(36(45)39-37(6,7)8)22-27-17-14-13-15-18-27/h13-15,17-18,24-26,28-30,33-34H,12,16,19-23H2,1-11H3,(H,38,44)(H,39,45)/t25-,26?,28-,29?,30?,33?,34?/m0/s1. The number of hydrogen-bond acceptors (Lipinski definition) is 6. The molecule has 10 heteroatoms. The number of benzene rings is 1. The maximum absolute atomic E-state index is 14.0. The molecule has 1 aliphatic heterocycles. The Morgan fingerprint density at radius 2 is 1.62 bits per heavy atom. The fourth-order valence-corrected chi connectivity index (χ4v) is 6.64. The third-order valence-electron chi connectivity index (χ3n) is 9.30. The van der Waals surface area contributed by atoms with Crippen molar-refractivity contribution >= 4 is 23.6 Å². The Morgan fingerprint density at radius 1 is 0.979 bits per heavy atom. The van der Waals surface area contributed by atoms with Crippen LogP contribution in [-0.2, 0) is 35.1 Å². The Balaban J connectivity index is 2.24. The van der Waals surface area contributed by atoms with Crippen LogP contribution in [0.25, 0.3) is 0 Å². The average Bonchev–Trinajstić information content (AvgIpc) is 3.49. The molecule has 4 amide bonds.